The molecule has 1 unspecified atom stereocenters. The summed E-state index contributed by atoms with van der Waals surface area (Å²) in [6.07, 6.45) is 1.25. The van der Waals surface area contributed by atoms with Crippen LogP contribution in [0.5, 0.6) is 0 Å². The second-order valence-corrected chi connectivity index (χ2v) is 9.18. The molecule has 8 heteroatoms. The maximum Gasteiger partial charge on any atom is 0.234 e. The molecular formula is C21H29N3O4S. The van der Waals surface area contributed by atoms with Crippen LogP contribution in [0, 0.1) is 19.8 Å². The van der Waals surface area contributed by atoms with Crippen molar-refractivity contribution in [3.8, 4) is 0 Å². The third-order valence-corrected chi connectivity index (χ3v) is 6.45. The van der Waals surface area contributed by atoms with Gasteiger partial charge in [0.1, 0.15) is 17.5 Å². The van der Waals surface area contributed by atoms with Gasteiger partial charge in [0.05, 0.1) is 23.0 Å². The quantitative estimate of drug-likeness (QED) is 0.706. The molecule has 0 radical (unpaired) electrons. The third kappa shape index (κ3) is 5.11. The summed E-state index contributed by atoms with van der Waals surface area (Å²) in [5.74, 6) is 0.212. The van der Waals surface area contributed by atoms with Gasteiger partial charge < -0.3 is 14.5 Å². The number of likely N-dealkylation sites (tertiary alicyclic amines) is 1. The van der Waals surface area contributed by atoms with Gasteiger partial charge >= 0.3 is 0 Å². The Morgan fingerprint density at radius 1 is 1.38 bits per heavy atom. The number of aryl methyl sites for hydroxylation is 2. The van der Waals surface area contributed by atoms with Crippen molar-refractivity contribution in [2.45, 2.75) is 71.4 Å². The molecule has 0 aliphatic carbocycles. The van der Waals surface area contributed by atoms with Gasteiger partial charge in [0, 0.05) is 36.4 Å². The summed E-state index contributed by atoms with van der Waals surface area (Å²) in [4.78, 5) is 32.7. The van der Waals surface area contributed by atoms with E-state index in [0.717, 1.165) is 16.3 Å². The van der Waals surface area contributed by atoms with Gasteiger partial charge in [0.2, 0.25) is 5.91 Å². The monoisotopic (exact) mass is 419 g/mol. The number of aliphatic hydroxyl groups excluding tert-OH is 1. The van der Waals surface area contributed by atoms with E-state index in [9.17, 15) is 14.7 Å². The van der Waals surface area contributed by atoms with Crippen molar-refractivity contribution in [2.24, 2.45) is 5.92 Å². The van der Waals surface area contributed by atoms with Crippen molar-refractivity contribution in [3.05, 3.63) is 33.6 Å². The molecule has 1 saturated heterocycles. The van der Waals surface area contributed by atoms with Gasteiger partial charge in [-0.2, -0.15) is 0 Å². The van der Waals surface area contributed by atoms with Crippen LogP contribution in [0.15, 0.2) is 16.1 Å². The molecule has 0 aromatic carbocycles. The Hall–Kier alpha value is -2.06. The highest BCUT2D eigenvalue weighted by Crippen LogP contribution is 2.32. The molecule has 158 valence electrons. The number of Topliss-reactive ketones (excluding diaryl/α,β-unsaturated/α-hetero) is 1. The number of β-amino-alcohol motifs (C(OH)–C–C–N with tert-alkyl or cyclic N) is 1. The minimum Gasteiger partial charge on any atom is -0.391 e. The average molecular weight is 420 g/mol. The first-order chi connectivity index (χ1) is 13.8. The molecule has 3 rings (SSSR count). The minimum atomic E-state index is -0.563. The van der Waals surface area contributed by atoms with Crippen LogP contribution in [0.3, 0.4) is 0 Å². The maximum absolute atomic E-state index is 13.3. The molecule has 2 aromatic rings. The lowest BCUT2D eigenvalue weighted by atomic mass is 9.91. The van der Waals surface area contributed by atoms with Gasteiger partial charge in [0.15, 0.2) is 0 Å². The number of aromatic nitrogens is 2. The average Bonchev–Trinajstić information content (AvgIpc) is 3.34. The van der Waals surface area contributed by atoms with Crippen LogP contribution in [-0.4, -0.2) is 50.5 Å². The molecule has 7 nitrogen and oxygen atoms in total. The van der Waals surface area contributed by atoms with Crippen LogP contribution in [-0.2, 0) is 16.0 Å². The summed E-state index contributed by atoms with van der Waals surface area (Å²) in [6.45, 7) is 7.98. The lowest BCUT2D eigenvalue weighted by Gasteiger charge is -2.29. The van der Waals surface area contributed by atoms with Crippen LogP contribution in [0.2, 0.25) is 0 Å². The Kier molecular flexibility index (Phi) is 6.85. The lowest BCUT2D eigenvalue weighted by Crippen LogP contribution is -2.40. The molecule has 1 N–H and O–H groups in total. The number of ketones is 1. The van der Waals surface area contributed by atoms with E-state index in [1.54, 1.807) is 16.5 Å². The van der Waals surface area contributed by atoms with Crippen molar-refractivity contribution in [1.82, 2.24) is 15.0 Å². The molecule has 1 aliphatic rings. The van der Waals surface area contributed by atoms with E-state index in [4.69, 9.17) is 4.52 Å². The fraction of sp³-hybridized carbons (Fsp3) is 0.619. The zero-order valence-electron chi connectivity index (χ0n) is 17.4. The minimum absolute atomic E-state index is 0.0316. The predicted octanol–water partition coefficient (Wildman–Crippen LogP) is 3.04. The summed E-state index contributed by atoms with van der Waals surface area (Å²) in [5, 5.41) is 14.1. The summed E-state index contributed by atoms with van der Waals surface area (Å²) in [7, 11) is 0. The van der Waals surface area contributed by atoms with Gasteiger partial charge in [-0.25, -0.2) is 4.98 Å². The third-order valence-electron chi connectivity index (χ3n) is 5.52. The predicted molar refractivity (Wildman–Crippen MR) is 110 cm³/mol. The first-order valence-corrected chi connectivity index (χ1v) is 11.0. The largest absolute Gasteiger partial charge is 0.391 e. The highest BCUT2D eigenvalue weighted by atomic mass is 32.1. The van der Waals surface area contributed by atoms with E-state index in [1.165, 1.54) is 11.3 Å². The molecule has 2 aromatic heterocycles. The van der Waals surface area contributed by atoms with Crippen molar-refractivity contribution < 1.29 is 19.2 Å². The zero-order valence-corrected chi connectivity index (χ0v) is 18.2. The van der Waals surface area contributed by atoms with Crippen molar-refractivity contribution in [1.29, 1.82) is 0 Å². The Balaban J connectivity index is 1.66. The van der Waals surface area contributed by atoms with Gasteiger partial charge in [-0.05, 0) is 32.6 Å². The van der Waals surface area contributed by atoms with Crippen LogP contribution in [0.4, 0.5) is 0 Å². The Morgan fingerprint density at radius 3 is 2.72 bits per heavy atom. The number of rotatable bonds is 8. The van der Waals surface area contributed by atoms with Crippen molar-refractivity contribution >= 4 is 23.0 Å². The fourth-order valence-corrected chi connectivity index (χ4v) is 4.78. The summed E-state index contributed by atoms with van der Waals surface area (Å²) < 4.78 is 5.38. The standard InChI is InChI=1S/C21H29N3O4S/c1-12(2)20(18-7-13(3)23-28-18)21(27)24-10-17(26)8-15(24)5-6-16(25)9-19-14(4)22-11-29-19/h7,11-12,15,17,20,26H,5-6,8-10H2,1-4H3/t15-,17+,20?/m0/s1. The van der Waals surface area contributed by atoms with E-state index in [2.05, 4.69) is 10.1 Å². The number of amides is 1. The van der Waals surface area contributed by atoms with Crippen LogP contribution in [0.25, 0.3) is 0 Å². The normalized spacial score (nSPS) is 20.4. The van der Waals surface area contributed by atoms with E-state index >= 15 is 0 Å². The number of thiazole rings is 1. The van der Waals surface area contributed by atoms with Crippen molar-refractivity contribution in [2.75, 3.05) is 6.54 Å². The first kappa shape index (κ1) is 21.6. The summed E-state index contributed by atoms with van der Waals surface area (Å²) in [5.41, 5.74) is 3.39. The Labute approximate surface area is 175 Å². The maximum atomic E-state index is 13.3. The fourth-order valence-electron chi connectivity index (χ4n) is 3.97. The zero-order chi connectivity index (χ0) is 21.1. The Bertz CT molecular complexity index is 860. The summed E-state index contributed by atoms with van der Waals surface area (Å²) >= 11 is 1.50. The lowest BCUT2D eigenvalue weighted by molar-refractivity contribution is -0.136. The van der Waals surface area contributed by atoms with E-state index in [0.29, 0.717) is 38.0 Å². The topological polar surface area (TPSA) is 96.5 Å². The summed E-state index contributed by atoms with van der Waals surface area (Å²) in [6, 6.07) is 1.65. The molecule has 0 spiro atoms. The molecule has 3 atom stereocenters. The molecule has 1 fully saturated rings. The number of carbonyl (C=O) groups is 2. The number of hydrogen-bond donors (Lipinski definition) is 1. The molecule has 0 saturated carbocycles. The van der Waals surface area contributed by atoms with Crippen LogP contribution >= 0.6 is 11.3 Å². The molecule has 29 heavy (non-hydrogen) atoms. The number of aliphatic hydroxyl groups is 1. The number of hydrogen-bond acceptors (Lipinski definition) is 7. The first-order valence-electron chi connectivity index (χ1n) is 10.1. The molecule has 0 bridgehead atoms. The highest BCUT2D eigenvalue weighted by Gasteiger charge is 2.40. The van der Waals surface area contributed by atoms with Crippen LogP contribution in [0.1, 0.15) is 61.1 Å². The van der Waals surface area contributed by atoms with Gasteiger partial charge in [0.25, 0.3) is 0 Å². The second-order valence-electron chi connectivity index (χ2n) is 8.24. The van der Waals surface area contributed by atoms with E-state index < -0.39 is 12.0 Å². The Morgan fingerprint density at radius 2 is 2.14 bits per heavy atom. The second kappa shape index (κ2) is 9.17. The molecule has 3 heterocycles. The van der Waals surface area contributed by atoms with Gasteiger partial charge in [-0.3, -0.25) is 9.59 Å². The number of nitrogens with zero attached hydrogens (tertiary/aromatic N) is 3. The molecule has 1 aliphatic heterocycles. The molecule has 1 amide bonds. The van der Waals surface area contributed by atoms with Gasteiger partial charge in [-0.15, -0.1) is 11.3 Å². The van der Waals surface area contributed by atoms with Crippen LogP contribution < -0.4 is 0 Å². The van der Waals surface area contributed by atoms with Gasteiger partial charge in [-0.1, -0.05) is 19.0 Å². The SMILES string of the molecule is Cc1cc(C(C(=O)N2C[C@H](O)C[C@@H]2CCC(=O)Cc2scnc2C)C(C)C)on1. The van der Waals surface area contributed by atoms with Crippen molar-refractivity contribution in [3.63, 3.8) is 0 Å². The highest BCUT2D eigenvalue weighted by molar-refractivity contribution is 7.09. The molecular weight excluding hydrogens is 390 g/mol. The number of carbonyl (C=O) groups excluding carboxylic acids is 2. The van der Waals surface area contributed by atoms with E-state index in [1.807, 2.05) is 27.7 Å². The smallest absolute Gasteiger partial charge is 0.234 e. The van der Waals surface area contributed by atoms with E-state index in [-0.39, 0.29) is 23.7 Å².